The van der Waals surface area contributed by atoms with E-state index in [4.69, 9.17) is 4.74 Å². The molecule has 1 aromatic carbocycles. The third-order valence-corrected chi connectivity index (χ3v) is 6.32. The van der Waals surface area contributed by atoms with Gasteiger partial charge in [-0.25, -0.2) is 0 Å². The van der Waals surface area contributed by atoms with Gasteiger partial charge in [-0.2, -0.15) is 0 Å². The zero-order chi connectivity index (χ0) is 20.8. The van der Waals surface area contributed by atoms with Gasteiger partial charge in [0.05, 0.1) is 16.3 Å². The summed E-state index contributed by atoms with van der Waals surface area (Å²) in [4.78, 5) is 25.1. The number of benzene rings is 1. The summed E-state index contributed by atoms with van der Waals surface area (Å²) < 4.78 is 7.79. The fourth-order valence-corrected chi connectivity index (χ4v) is 4.60. The zero-order valence-electron chi connectivity index (χ0n) is 15.8. The third-order valence-electron chi connectivity index (χ3n) is 3.86. The summed E-state index contributed by atoms with van der Waals surface area (Å²) in [6.07, 6.45) is 0. The molecular formula is C19H19BrN4O3S2. The van der Waals surface area contributed by atoms with Gasteiger partial charge in [0.2, 0.25) is 0 Å². The van der Waals surface area contributed by atoms with Crippen LogP contribution >= 0.6 is 39.0 Å². The number of esters is 1. The number of aryl methyl sites for hydroxylation is 1. The van der Waals surface area contributed by atoms with Gasteiger partial charge in [-0.1, -0.05) is 23.9 Å². The van der Waals surface area contributed by atoms with Crippen molar-refractivity contribution in [3.63, 3.8) is 0 Å². The van der Waals surface area contributed by atoms with Crippen LogP contribution in [0.25, 0.3) is 10.7 Å². The Hall–Kier alpha value is -2.17. The highest BCUT2D eigenvalue weighted by molar-refractivity contribution is 9.10. The number of carbonyl (C=O) groups is 2. The molecule has 2 heterocycles. The number of thioether (sulfide) groups is 1. The summed E-state index contributed by atoms with van der Waals surface area (Å²) >= 11 is 6.22. The number of nitrogens with one attached hydrogen (secondary N) is 1. The minimum absolute atomic E-state index is 0.0457. The monoisotopic (exact) mass is 494 g/mol. The number of carbonyl (C=O) groups excluding carboxylic acids is 2. The fourth-order valence-electron chi connectivity index (χ4n) is 2.49. The van der Waals surface area contributed by atoms with Crippen molar-refractivity contribution >= 4 is 56.6 Å². The number of anilines is 1. The molecule has 0 saturated carbocycles. The number of hydrogen-bond donors (Lipinski definition) is 1. The van der Waals surface area contributed by atoms with Crippen LogP contribution in [0.4, 0.5) is 5.69 Å². The standard InChI is InChI=1S/C19H19BrN4O3S2/c1-3-24-18(15-5-4-8-28-15)22-23-19(24)29-11-17(26)27-10-16(25)21-14-7-6-12(2)9-13(14)20/h4-9H,3,10-11H2,1-2H3,(H,21,25). The molecule has 0 unspecified atom stereocenters. The first-order chi connectivity index (χ1) is 14.0. The highest BCUT2D eigenvalue weighted by atomic mass is 79.9. The maximum Gasteiger partial charge on any atom is 0.316 e. The lowest BCUT2D eigenvalue weighted by Gasteiger charge is -2.09. The lowest BCUT2D eigenvalue weighted by atomic mass is 10.2. The maximum atomic E-state index is 12.0. The molecule has 1 N–H and O–H groups in total. The topological polar surface area (TPSA) is 86.1 Å². The number of halogens is 1. The van der Waals surface area contributed by atoms with Crippen molar-refractivity contribution < 1.29 is 14.3 Å². The van der Waals surface area contributed by atoms with E-state index in [0.717, 1.165) is 20.7 Å². The van der Waals surface area contributed by atoms with Crippen molar-refractivity contribution in [3.05, 3.63) is 45.7 Å². The molecule has 29 heavy (non-hydrogen) atoms. The molecule has 152 valence electrons. The SMILES string of the molecule is CCn1c(SCC(=O)OCC(=O)Nc2ccc(C)cc2Br)nnc1-c1cccs1. The number of rotatable bonds is 8. The van der Waals surface area contributed by atoms with Crippen LogP contribution in [0.5, 0.6) is 0 Å². The van der Waals surface area contributed by atoms with Gasteiger partial charge in [0.1, 0.15) is 0 Å². The molecule has 0 radical (unpaired) electrons. The van der Waals surface area contributed by atoms with E-state index in [1.54, 1.807) is 17.4 Å². The summed E-state index contributed by atoms with van der Waals surface area (Å²) in [5.74, 6) is -0.0631. The van der Waals surface area contributed by atoms with Crippen molar-refractivity contribution in [2.75, 3.05) is 17.7 Å². The number of thiophene rings is 1. The van der Waals surface area contributed by atoms with Crippen LogP contribution < -0.4 is 5.32 Å². The number of nitrogens with zero attached hydrogens (tertiary/aromatic N) is 3. The Morgan fingerprint density at radius 2 is 2.14 bits per heavy atom. The molecule has 3 rings (SSSR count). The summed E-state index contributed by atoms with van der Waals surface area (Å²) in [5, 5.41) is 13.7. The van der Waals surface area contributed by atoms with Crippen molar-refractivity contribution in [2.45, 2.75) is 25.5 Å². The molecule has 0 aliphatic heterocycles. The molecular weight excluding hydrogens is 476 g/mol. The van der Waals surface area contributed by atoms with E-state index >= 15 is 0 Å². The minimum atomic E-state index is -0.489. The summed E-state index contributed by atoms with van der Waals surface area (Å²) in [6.45, 7) is 4.29. The first kappa shape index (κ1) is 21.5. The molecule has 10 heteroatoms. The number of amides is 1. The predicted octanol–water partition coefficient (Wildman–Crippen LogP) is 4.37. The Balaban J connectivity index is 1.49. The second-order valence-electron chi connectivity index (χ2n) is 6.01. The van der Waals surface area contributed by atoms with Gasteiger partial charge in [-0.05, 0) is 58.9 Å². The zero-order valence-corrected chi connectivity index (χ0v) is 19.1. The average Bonchev–Trinajstić information content (AvgIpc) is 3.36. The Kier molecular flexibility index (Phi) is 7.45. The van der Waals surface area contributed by atoms with Gasteiger partial charge >= 0.3 is 5.97 Å². The fraction of sp³-hybridized carbons (Fsp3) is 0.263. The van der Waals surface area contributed by atoms with Crippen LogP contribution in [0.3, 0.4) is 0 Å². The number of aromatic nitrogens is 3. The van der Waals surface area contributed by atoms with Crippen molar-refractivity contribution in [3.8, 4) is 10.7 Å². The lowest BCUT2D eigenvalue weighted by Crippen LogP contribution is -2.22. The van der Waals surface area contributed by atoms with Gasteiger partial charge in [0.25, 0.3) is 5.91 Å². The van der Waals surface area contributed by atoms with Crippen molar-refractivity contribution in [1.82, 2.24) is 14.8 Å². The average molecular weight is 495 g/mol. The van der Waals surface area contributed by atoms with Crippen molar-refractivity contribution in [2.24, 2.45) is 0 Å². The first-order valence-corrected chi connectivity index (χ1v) is 11.4. The van der Waals surface area contributed by atoms with E-state index in [9.17, 15) is 9.59 Å². The second kappa shape index (κ2) is 10.0. The molecule has 7 nitrogen and oxygen atoms in total. The van der Waals surface area contributed by atoms with Crippen molar-refractivity contribution in [1.29, 1.82) is 0 Å². The van der Waals surface area contributed by atoms with Crippen LogP contribution in [0.2, 0.25) is 0 Å². The first-order valence-electron chi connectivity index (χ1n) is 8.79. The molecule has 3 aromatic rings. The molecule has 0 saturated heterocycles. The Labute approximate surface area is 185 Å². The van der Waals surface area contributed by atoms with Gasteiger partial charge in [0.15, 0.2) is 17.6 Å². The summed E-state index contributed by atoms with van der Waals surface area (Å²) in [5.41, 5.74) is 1.70. The van der Waals surface area contributed by atoms with E-state index in [0.29, 0.717) is 17.4 Å². The van der Waals surface area contributed by atoms with Crippen LogP contribution in [-0.2, 0) is 20.9 Å². The molecule has 0 bridgehead atoms. The lowest BCUT2D eigenvalue weighted by molar-refractivity contribution is -0.144. The van der Waals surface area contributed by atoms with Gasteiger partial charge in [-0.15, -0.1) is 21.5 Å². The van der Waals surface area contributed by atoms with Crippen LogP contribution in [0.1, 0.15) is 12.5 Å². The Bertz CT molecular complexity index is 1010. The minimum Gasteiger partial charge on any atom is -0.455 e. The largest absolute Gasteiger partial charge is 0.455 e. The van der Waals surface area contributed by atoms with Gasteiger partial charge in [0, 0.05) is 11.0 Å². The quantitative estimate of drug-likeness (QED) is 0.369. The van der Waals surface area contributed by atoms with E-state index < -0.39 is 11.9 Å². The summed E-state index contributed by atoms with van der Waals surface area (Å²) in [7, 11) is 0. The predicted molar refractivity (Wildman–Crippen MR) is 118 cm³/mol. The molecule has 0 aliphatic carbocycles. The highest BCUT2D eigenvalue weighted by Gasteiger charge is 2.16. The molecule has 0 fully saturated rings. The second-order valence-corrected chi connectivity index (χ2v) is 8.75. The third kappa shape index (κ3) is 5.68. The number of ether oxygens (including phenoxy) is 1. The van der Waals surface area contributed by atoms with Crippen LogP contribution in [0.15, 0.2) is 45.3 Å². The normalized spacial score (nSPS) is 10.7. The smallest absolute Gasteiger partial charge is 0.316 e. The van der Waals surface area contributed by atoms with Crippen LogP contribution in [-0.4, -0.2) is 39.0 Å². The molecule has 1 amide bonds. The molecule has 0 spiro atoms. The Morgan fingerprint density at radius 1 is 1.31 bits per heavy atom. The van der Waals surface area contributed by atoms with E-state index in [1.807, 2.05) is 48.1 Å². The van der Waals surface area contributed by atoms with Gasteiger partial charge in [-0.3, -0.25) is 9.59 Å². The van der Waals surface area contributed by atoms with E-state index in [-0.39, 0.29) is 12.4 Å². The Morgan fingerprint density at radius 3 is 2.83 bits per heavy atom. The van der Waals surface area contributed by atoms with Crippen LogP contribution in [0, 0.1) is 6.92 Å². The molecule has 0 atom stereocenters. The highest BCUT2D eigenvalue weighted by Crippen LogP contribution is 2.27. The van der Waals surface area contributed by atoms with Gasteiger partial charge < -0.3 is 14.6 Å². The number of hydrogen-bond acceptors (Lipinski definition) is 7. The van der Waals surface area contributed by atoms with E-state index in [1.165, 1.54) is 11.8 Å². The van der Waals surface area contributed by atoms with E-state index in [2.05, 4.69) is 31.4 Å². The summed E-state index contributed by atoms with van der Waals surface area (Å²) in [6, 6.07) is 9.51. The molecule has 2 aromatic heterocycles. The maximum absolute atomic E-state index is 12.0. The molecule has 0 aliphatic rings.